The third kappa shape index (κ3) is 5.47. The number of nitrogens with zero attached hydrogens (tertiary/aromatic N) is 3. The minimum absolute atomic E-state index is 0.0320. The zero-order valence-corrected chi connectivity index (χ0v) is 21.5. The molecule has 0 spiro atoms. The van der Waals surface area contributed by atoms with Gasteiger partial charge < -0.3 is 20.9 Å². The summed E-state index contributed by atoms with van der Waals surface area (Å²) in [7, 11) is 0. The van der Waals surface area contributed by atoms with Crippen molar-refractivity contribution in [1.29, 1.82) is 0 Å². The molecule has 3 N–H and O–H groups in total. The summed E-state index contributed by atoms with van der Waals surface area (Å²) < 4.78 is 0. The van der Waals surface area contributed by atoms with Gasteiger partial charge in [0, 0.05) is 55.5 Å². The second kappa shape index (κ2) is 10.8. The maximum atomic E-state index is 12.6. The molecule has 4 heterocycles. The lowest BCUT2D eigenvalue weighted by Crippen LogP contribution is -2.42. The molecular weight excluding hydrogens is 452 g/mol. The first-order valence-electron chi connectivity index (χ1n) is 13.6. The lowest BCUT2D eigenvalue weighted by Gasteiger charge is -2.33. The van der Waals surface area contributed by atoms with Crippen molar-refractivity contribution >= 4 is 23.5 Å². The van der Waals surface area contributed by atoms with E-state index >= 15 is 0 Å². The Bertz CT molecular complexity index is 1100. The number of carbonyl (C=O) groups excluding carboxylic acids is 2. The quantitative estimate of drug-likeness (QED) is 0.540. The molecule has 1 aliphatic carbocycles. The van der Waals surface area contributed by atoms with E-state index in [0.717, 1.165) is 54.4 Å². The Hall–Kier alpha value is -3.16. The molecule has 1 saturated carbocycles. The largest absolute Gasteiger partial charge is 0.367 e. The molecule has 2 aromatic rings. The van der Waals surface area contributed by atoms with E-state index < -0.39 is 0 Å². The molecule has 2 aromatic heterocycles. The molecule has 1 saturated heterocycles. The number of rotatable bonds is 7. The number of carbonyl (C=O) groups is 2. The highest BCUT2D eigenvalue weighted by molar-refractivity contribution is 6.00. The molecule has 8 heteroatoms. The first kappa shape index (κ1) is 24.5. The molecule has 0 unspecified atom stereocenters. The fourth-order valence-electron chi connectivity index (χ4n) is 5.54. The van der Waals surface area contributed by atoms with Gasteiger partial charge in [0.15, 0.2) is 0 Å². The van der Waals surface area contributed by atoms with Crippen LogP contribution in [0.4, 0.5) is 11.6 Å². The van der Waals surface area contributed by atoms with Crippen LogP contribution in [0.1, 0.15) is 74.7 Å². The zero-order valence-electron chi connectivity index (χ0n) is 21.5. The van der Waals surface area contributed by atoms with Gasteiger partial charge in [-0.1, -0.05) is 33.1 Å². The maximum Gasteiger partial charge on any atom is 0.252 e. The molecule has 2 aliphatic heterocycles. The van der Waals surface area contributed by atoms with Crippen molar-refractivity contribution in [1.82, 2.24) is 20.6 Å². The first-order chi connectivity index (χ1) is 17.5. The molecule has 192 valence electrons. The summed E-state index contributed by atoms with van der Waals surface area (Å²) >= 11 is 0. The van der Waals surface area contributed by atoms with E-state index in [-0.39, 0.29) is 17.7 Å². The zero-order chi connectivity index (χ0) is 25.1. The maximum absolute atomic E-state index is 12.6. The SMILES string of the molecule is CC(C)CNC(=O)C1CCN(c2nc(-c3ccnc(NC4CCCCC4)c3)cc3c2CNC3=O)CC1. The summed E-state index contributed by atoms with van der Waals surface area (Å²) in [5.41, 5.74) is 3.40. The molecule has 0 radical (unpaired) electrons. The van der Waals surface area contributed by atoms with Gasteiger partial charge in [-0.3, -0.25) is 9.59 Å². The Balaban J connectivity index is 1.35. The Kier molecular flexibility index (Phi) is 7.39. The summed E-state index contributed by atoms with van der Waals surface area (Å²) in [6, 6.07) is 6.39. The standard InChI is InChI=1S/C28H38N6O2/c1-18(2)16-30-27(35)19-9-12-34(13-10-19)26-23-17-31-28(36)22(23)15-24(33-26)20-8-11-29-25(14-20)32-21-6-4-3-5-7-21/h8,11,14-15,18-19,21H,3-7,9-10,12-13,16-17H2,1-2H3,(H,29,32)(H,30,35)(H,31,36). The Morgan fingerprint density at radius 1 is 1.14 bits per heavy atom. The van der Waals surface area contributed by atoms with E-state index in [2.05, 4.69) is 39.7 Å². The average Bonchev–Trinajstić information content (AvgIpc) is 3.28. The van der Waals surface area contributed by atoms with E-state index in [9.17, 15) is 9.59 Å². The summed E-state index contributed by atoms with van der Waals surface area (Å²) in [6.45, 7) is 6.93. The second-order valence-electron chi connectivity index (χ2n) is 10.8. The Morgan fingerprint density at radius 3 is 2.67 bits per heavy atom. The van der Waals surface area contributed by atoms with Crippen LogP contribution in [-0.4, -0.2) is 47.5 Å². The second-order valence-corrected chi connectivity index (χ2v) is 10.8. The van der Waals surface area contributed by atoms with Crippen molar-refractivity contribution in [2.75, 3.05) is 29.9 Å². The molecule has 36 heavy (non-hydrogen) atoms. The van der Waals surface area contributed by atoms with Gasteiger partial charge in [-0.15, -0.1) is 0 Å². The first-order valence-corrected chi connectivity index (χ1v) is 13.6. The summed E-state index contributed by atoms with van der Waals surface area (Å²) in [4.78, 5) is 37.1. The summed E-state index contributed by atoms with van der Waals surface area (Å²) in [6.07, 6.45) is 9.59. The van der Waals surface area contributed by atoms with Crippen molar-refractivity contribution < 1.29 is 9.59 Å². The van der Waals surface area contributed by atoms with Crippen molar-refractivity contribution in [2.24, 2.45) is 11.8 Å². The fourth-order valence-corrected chi connectivity index (χ4v) is 5.54. The van der Waals surface area contributed by atoms with E-state index in [0.29, 0.717) is 30.6 Å². The van der Waals surface area contributed by atoms with Gasteiger partial charge in [0.25, 0.3) is 5.91 Å². The number of amides is 2. The highest BCUT2D eigenvalue weighted by Crippen LogP contribution is 2.33. The van der Waals surface area contributed by atoms with Crippen LogP contribution in [0, 0.1) is 11.8 Å². The number of hydrogen-bond donors (Lipinski definition) is 3. The Morgan fingerprint density at radius 2 is 1.92 bits per heavy atom. The third-order valence-electron chi connectivity index (χ3n) is 7.64. The molecular formula is C28H38N6O2. The monoisotopic (exact) mass is 490 g/mol. The number of anilines is 2. The molecule has 0 atom stereocenters. The molecule has 2 fully saturated rings. The van der Waals surface area contributed by atoms with Crippen LogP contribution in [-0.2, 0) is 11.3 Å². The van der Waals surface area contributed by atoms with E-state index in [1.807, 2.05) is 24.4 Å². The molecule has 3 aliphatic rings. The number of aromatic nitrogens is 2. The van der Waals surface area contributed by atoms with E-state index in [4.69, 9.17) is 4.98 Å². The van der Waals surface area contributed by atoms with E-state index in [1.54, 1.807) is 0 Å². The predicted molar refractivity (Wildman–Crippen MR) is 142 cm³/mol. The van der Waals surface area contributed by atoms with Crippen molar-refractivity contribution in [3.8, 4) is 11.3 Å². The van der Waals surface area contributed by atoms with Gasteiger partial charge >= 0.3 is 0 Å². The van der Waals surface area contributed by atoms with Crippen LogP contribution in [0.25, 0.3) is 11.3 Å². The van der Waals surface area contributed by atoms with Crippen LogP contribution in [0.3, 0.4) is 0 Å². The molecule has 8 nitrogen and oxygen atoms in total. The van der Waals surface area contributed by atoms with Crippen LogP contribution < -0.4 is 20.9 Å². The number of nitrogens with one attached hydrogen (secondary N) is 3. The van der Waals surface area contributed by atoms with Gasteiger partial charge in [-0.2, -0.15) is 0 Å². The van der Waals surface area contributed by atoms with Gasteiger partial charge in [0.2, 0.25) is 5.91 Å². The third-order valence-corrected chi connectivity index (χ3v) is 7.64. The number of hydrogen-bond acceptors (Lipinski definition) is 6. The van der Waals surface area contributed by atoms with Gasteiger partial charge in [0.1, 0.15) is 11.6 Å². The van der Waals surface area contributed by atoms with Crippen molar-refractivity contribution in [3.05, 3.63) is 35.5 Å². The van der Waals surface area contributed by atoms with E-state index in [1.165, 1.54) is 32.1 Å². The minimum atomic E-state index is -0.0486. The smallest absolute Gasteiger partial charge is 0.252 e. The van der Waals surface area contributed by atoms with Crippen LogP contribution in [0.15, 0.2) is 24.4 Å². The lowest BCUT2D eigenvalue weighted by atomic mass is 9.95. The summed E-state index contributed by atoms with van der Waals surface area (Å²) in [5, 5.41) is 9.64. The lowest BCUT2D eigenvalue weighted by molar-refractivity contribution is -0.125. The topological polar surface area (TPSA) is 99.2 Å². The predicted octanol–water partition coefficient (Wildman–Crippen LogP) is 4.12. The summed E-state index contributed by atoms with van der Waals surface area (Å²) in [5.74, 6) is 2.31. The highest BCUT2D eigenvalue weighted by Gasteiger charge is 2.31. The Labute approximate surface area is 213 Å². The van der Waals surface area contributed by atoms with Crippen LogP contribution >= 0.6 is 0 Å². The molecule has 0 aromatic carbocycles. The van der Waals surface area contributed by atoms with Crippen molar-refractivity contribution in [3.63, 3.8) is 0 Å². The normalized spacial score (nSPS) is 18.8. The van der Waals surface area contributed by atoms with Crippen LogP contribution in [0.5, 0.6) is 0 Å². The van der Waals surface area contributed by atoms with Crippen molar-refractivity contribution in [2.45, 2.75) is 71.4 Å². The molecule has 2 amide bonds. The molecule has 0 bridgehead atoms. The number of pyridine rings is 2. The number of fused-ring (bicyclic) bond motifs is 1. The average molecular weight is 491 g/mol. The van der Waals surface area contributed by atoms with Gasteiger partial charge in [-0.25, -0.2) is 9.97 Å². The molecule has 5 rings (SSSR count). The van der Waals surface area contributed by atoms with Gasteiger partial charge in [0.05, 0.1) is 11.3 Å². The van der Waals surface area contributed by atoms with Gasteiger partial charge in [-0.05, 0) is 49.8 Å². The number of piperidine rings is 1. The fraction of sp³-hybridized carbons (Fsp3) is 0.571. The highest BCUT2D eigenvalue weighted by atomic mass is 16.2. The van der Waals surface area contributed by atoms with Crippen LogP contribution in [0.2, 0.25) is 0 Å². The minimum Gasteiger partial charge on any atom is -0.367 e.